The third kappa shape index (κ3) is 4.35. The van der Waals surface area contributed by atoms with Crippen molar-refractivity contribution in [1.29, 1.82) is 0 Å². The van der Waals surface area contributed by atoms with Gasteiger partial charge in [0.2, 0.25) is 10.0 Å². The van der Waals surface area contributed by atoms with Crippen molar-refractivity contribution in [2.24, 2.45) is 5.73 Å². The molecule has 21 heavy (non-hydrogen) atoms. The molecule has 0 saturated heterocycles. The monoisotopic (exact) mass is 332 g/mol. The zero-order valence-corrected chi connectivity index (χ0v) is 11.7. The lowest BCUT2D eigenvalue weighted by Gasteiger charge is -2.19. The van der Waals surface area contributed by atoms with Crippen LogP contribution in [0.25, 0.3) is 0 Å². The van der Waals surface area contributed by atoms with Crippen LogP contribution in [0.15, 0.2) is 17.0 Å². The number of alkyl halides is 3. The maximum Gasteiger partial charge on any atom is 0.390 e. The van der Waals surface area contributed by atoms with Crippen LogP contribution in [0, 0.1) is 11.6 Å². The fraction of sp³-hybridized carbons (Fsp3) is 0.455. The number of hydrogen-bond donors (Lipinski definition) is 1. The number of halogens is 5. The van der Waals surface area contributed by atoms with Crippen molar-refractivity contribution in [3.63, 3.8) is 0 Å². The molecule has 0 amide bonds. The van der Waals surface area contributed by atoms with Crippen molar-refractivity contribution in [2.45, 2.75) is 24.0 Å². The largest absolute Gasteiger partial charge is 0.390 e. The molecule has 0 bridgehead atoms. The van der Waals surface area contributed by atoms with E-state index in [-0.39, 0.29) is 12.1 Å². The second-order valence-electron chi connectivity index (χ2n) is 4.29. The Morgan fingerprint density at radius 2 is 1.81 bits per heavy atom. The van der Waals surface area contributed by atoms with Gasteiger partial charge in [-0.2, -0.15) is 13.2 Å². The van der Waals surface area contributed by atoms with Crippen LogP contribution in [0.5, 0.6) is 0 Å². The van der Waals surface area contributed by atoms with E-state index in [0.29, 0.717) is 4.31 Å². The third-order valence-corrected chi connectivity index (χ3v) is 4.54. The quantitative estimate of drug-likeness (QED) is 0.839. The molecular weight excluding hydrogens is 319 g/mol. The highest BCUT2D eigenvalue weighted by atomic mass is 32.2. The van der Waals surface area contributed by atoms with Gasteiger partial charge in [0.25, 0.3) is 0 Å². The minimum Gasteiger partial charge on any atom is -0.326 e. The van der Waals surface area contributed by atoms with E-state index in [1.54, 1.807) is 0 Å². The molecule has 10 heteroatoms. The molecular formula is C11H13F5N2O2S. The predicted octanol–water partition coefficient (Wildman–Crippen LogP) is 2.00. The van der Waals surface area contributed by atoms with E-state index >= 15 is 0 Å². The van der Waals surface area contributed by atoms with Crippen molar-refractivity contribution >= 4 is 10.0 Å². The molecule has 0 aliphatic rings. The van der Waals surface area contributed by atoms with Gasteiger partial charge in [0.1, 0.15) is 4.90 Å². The fourth-order valence-electron chi connectivity index (χ4n) is 1.50. The lowest BCUT2D eigenvalue weighted by Crippen LogP contribution is -2.31. The number of benzene rings is 1. The summed E-state index contributed by atoms with van der Waals surface area (Å²) in [6, 6.07) is 1.53. The van der Waals surface area contributed by atoms with Crippen LogP contribution in [0.2, 0.25) is 0 Å². The van der Waals surface area contributed by atoms with E-state index < -0.39 is 45.7 Å². The number of rotatable bonds is 5. The number of sulfonamides is 1. The highest BCUT2D eigenvalue weighted by Gasteiger charge is 2.32. The Bertz CT molecular complexity index is 616. The molecule has 0 aliphatic carbocycles. The summed E-state index contributed by atoms with van der Waals surface area (Å²) in [6.07, 6.45) is -5.96. The van der Waals surface area contributed by atoms with Crippen LogP contribution in [0.4, 0.5) is 22.0 Å². The van der Waals surface area contributed by atoms with Crippen LogP contribution < -0.4 is 5.73 Å². The van der Waals surface area contributed by atoms with Crippen molar-refractivity contribution in [1.82, 2.24) is 4.31 Å². The van der Waals surface area contributed by atoms with E-state index in [4.69, 9.17) is 5.73 Å². The van der Waals surface area contributed by atoms with Crippen LogP contribution >= 0.6 is 0 Å². The first-order valence-corrected chi connectivity index (χ1v) is 7.14. The van der Waals surface area contributed by atoms with Crippen molar-refractivity contribution < 1.29 is 30.4 Å². The molecule has 0 spiro atoms. The van der Waals surface area contributed by atoms with E-state index in [1.165, 1.54) is 0 Å². The van der Waals surface area contributed by atoms with Gasteiger partial charge in [0.05, 0.1) is 6.42 Å². The lowest BCUT2D eigenvalue weighted by molar-refractivity contribution is -0.135. The Labute approximate surface area is 118 Å². The van der Waals surface area contributed by atoms with Crippen molar-refractivity contribution in [2.75, 3.05) is 13.6 Å². The Kier molecular flexibility index (Phi) is 5.29. The number of nitrogens with two attached hydrogens (primary N) is 1. The molecule has 2 N–H and O–H groups in total. The first-order chi connectivity index (χ1) is 9.49. The molecule has 0 heterocycles. The first kappa shape index (κ1) is 17.8. The SMILES string of the molecule is CN(CCC(F)(F)F)S(=O)(=O)c1cc(CN)cc(F)c1F. The first-order valence-electron chi connectivity index (χ1n) is 5.70. The van der Waals surface area contributed by atoms with E-state index in [0.717, 1.165) is 19.2 Å². The maximum absolute atomic E-state index is 13.6. The van der Waals surface area contributed by atoms with Gasteiger partial charge in [-0.1, -0.05) is 0 Å². The Balaban J connectivity index is 3.16. The zero-order valence-electron chi connectivity index (χ0n) is 10.9. The third-order valence-electron chi connectivity index (χ3n) is 2.69. The summed E-state index contributed by atoms with van der Waals surface area (Å²) in [7, 11) is -3.73. The van der Waals surface area contributed by atoms with Crippen molar-refractivity contribution in [3.05, 3.63) is 29.3 Å². The van der Waals surface area contributed by atoms with Crippen LogP contribution in [-0.4, -0.2) is 32.5 Å². The summed E-state index contributed by atoms with van der Waals surface area (Å²) in [5.74, 6) is -3.08. The van der Waals surface area contributed by atoms with E-state index in [9.17, 15) is 30.4 Å². The normalized spacial score (nSPS) is 13.0. The van der Waals surface area contributed by atoms with Gasteiger partial charge >= 0.3 is 6.18 Å². The molecule has 1 aromatic rings. The minimum atomic E-state index is -4.58. The number of nitrogens with zero attached hydrogens (tertiary/aromatic N) is 1. The smallest absolute Gasteiger partial charge is 0.326 e. The summed E-state index contributed by atoms with van der Waals surface area (Å²) in [6.45, 7) is -1.15. The second-order valence-corrected chi connectivity index (χ2v) is 6.30. The molecule has 0 atom stereocenters. The summed E-state index contributed by atoms with van der Waals surface area (Å²) in [4.78, 5) is -1.03. The maximum atomic E-state index is 13.6. The van der Waals surface area contributed by atoms with Gasteiger partial charge in [-0.25, -0.2) is 21.5 Å². The zero-order chi connectivity index (χ0) is 16.4. The lowest BCUT2D eigenvalue weighted by atomic mass is 10.2. The van der Waals surface area contributed by atoms with Gasteiger partial charge in [0.15, 0.2) is 11.6 Å². The van der Waals surface area contributed by atoms with Gasteiger partial charge in [0, 0.05) is 20.1 Å². The Morgan fingerprint density at radius 1 is 1.24 bits per heavy atom. The predicted molar refractivity (Wildman–Crippen MR) is 64.7 cm³/mol. The van der Waals surface area contributed by atoms with Crippen LogP contribution in [-0.2, 0) is 16.6 Å². The summed E-state index contributed by atoms with van der Waals surface area (Å²) >= 11 is 0. The average molecular weight is 332 g/mol. The Hall–Kier alpha value is -1.26. The standard InChI is InChI=1S/C11H13F5N2O2S/c1-18(3-2-11(14,15)16)21(19,20)9-5-7(6-17)4-8(12)10(9)13/h4-5H,2-3,6,17H2,1H3. The van der Waals surface area contributed by atoms with Gasteiger partial charge in [-0.15, -0.1) is 0 Å². The van der Waals surface area contributed by atoms with Gasteiger partial charge < -0.3 is 5.73 Å². The van der Waals surface area contributed by atoms with Gasteiger partial charge in [-0.3, -0.25) is 0 Å². The highest BCUT2D eigenvalue weighted by molar-refractivity contribution is 7.89. The molecule has 0 saturated carbocycles. The Morgan fingerprint density at radius 3 is 2.29 bits per heavy atom. The van der Waals surface area contributed by atoms with Crippen LogP contribution in [0.1, 0.15) is 12.0 Å². The highest BCUT2D eigenvalue weighted by Crippen LogP contribution is 2.25. The summed E-state index contributed by atoms with van der Waals surface area (Å²) in [5.41, 5.74) is 5.24. The summed E-state index contributed by atoms with van der Waals surface area (Å²) in [5, 5.41) is 0. The van der Waals surface area contributed by atoms with Crippen LogP contribution in [0.3, 0.4) is 0 Å². The molecule has 120 valence electrons. The fourth-order valence-corrected chi connectivity index (χ4v) is 2.79. The number of hydrogen-bond acceptors (Lipinski definition) is 3. The molecule has 0 aromatic heterocycles. The van der Waals surface area contributed by atoms with Crippen molar-refractivity contribution in [3.8, 4) is 0 Å². The molecule has 1 aromatic carbocycles. The second kappa shape index (κ2) is 6.24. The summed E-state index contributed by atoms with van der Waals surface area (Å²) < 4.78 is 87.5. The van der Waals surface area contributed by atoms with Gasteiger partial charge in [-0.05, 0) is 17.7 Å². The molecule has 0 fully saturated rings. The average Bonchev–Trinajstić information content (AvgIpc) is 2.37. The topological polar surface area (TPSA) is 63.4 Å². The molecule has 4 nitrogen and oxygen atoms in total. The molecule has 0 radical (unpaired) electrons. The van der Waals surface area contributed by atoms with E-state index in [1.807, 2.05) is 0 Å². The van der Waals surface area contributed by atoms with E-state index in [2.05, 4.69) is 0 Å². The molecule has 1 rings (SSSR count). The molecule has 0 aliphatic heterocycles. The molecule has 0 unspecified atom stereocenters. The minimum absolute atomic E-state index is 0.0108.